The topological polar surface area (TPSA) is 58.6 Å². The number of benzene rings is 1. The lowest BCUT2D eigenvalue weighted by molar-refractivity contribution is 0.0718. The molecule has 1 aromatic rings. The van der Waals surface area contributed by atoms with Gasteiger partial charge in [0.25, 0.3) is 5.91 Å². The molecule has 0 aromatic heterocycles. The average Bonchev–Trinajstić information content (AvgIpc) is 2.53. The van der Waals surface area contributed by atoms with Crippen molar-refractivity contribution in [2.24, 2.45) is 5.41 Å². The Morgan fingerprint density at radius 1 is 1.25 bits per heavy atom. The van der Waals surface area contributed by atoms with Gasteiger partial charge in [0.2, 0.25) is 0 Å². The summed E-state index contributed by atoms with van der Waals surface area (Å²) in [5.41, 5.74) is 0.495. The molecule has 1 fully saturated rings. The summed E-state index contributed by atoms with van der Waals surface area (Å²) in [4.78, 5) is 12.1. The Balaban J connectivity index is 1.93. The minimum atomic E-state index is -0.125. The van der Waals surface area contributed by atoms with Gasteiger partial charge in [-0.1, -0.05) is 19.3 Å². The smallest absolute Gasteiger partial charge is 0.251 e. The maximum absolute atomic E-state index is 12.1. The van der Waals surface area contributed by atoms with E-state index in [4.69, 9.17) is 4.74 Å². The van der Waals surface area contributed by atoms with Crippen LogP contribution in [0.5, 0.6) is 5.75 Å². The van der Waals surface area contributed by atoms with E-state index in [1.165, 1.54) is 6.42 Å². The van der Waals surface area contributed by atoms with E-state index in [1.54, 1.807) is 31.4 Å². The summed E-state index contributed by atoms with van der Waals surface area (Å²) in [6.07, 6.45) is 5.49. The van der Waals surface area contributed by atoms with Crippen LogP contribution in [0.3, 0.4) is 0 Å². The molecule has 0 aliphatic heterocycles. The number of ether oxygens (including phenoxy) is 1. The first-order chi connectivity index (χ1) is 9.69. The van der Waals surface area contributed by atoms with Gasteiger partial charge < -0.3 is 15.2 Å². The van der Waals surface area contributed by atoms with Gasteiger partial charge in [-0.2, -0.15) is 0 Å². The molecule has 1 saturated carbocycles. The lowest BCUT2D eigenvalue weighted by Crippen LogP contribution is -2.41. The van der Waals surface area contributed by atoms with E-state index in [-0.39, 0.29) is 17.9 Å². The van der Waals surface area contributed by atoms with E-state index in [1.807, 2.05) is 0 Å². The Morgan fingerprint density at radius 2 is 1.90 bits per heavy atom. The molecule has 4 heteroatoms. The van der Waals surface area contributed by atoms with Crippen LogP contribution in [0.25, 0.3) is 0 Å². The summed E-state index contributed by atoms with van der Waals surface area (Å²) < 4.78 is 5.07. The molecular formula is C16H23NO3. The van der Waals surface area contributed by atoms with Crippen molar-refractivity contribution < 1.29 is 14.6 Å². The molecule has 0 bridgehead atoms. The largest absolute Gasteiger partial charge is 0.497 e. The molecule has 0 radical (unpaired) electrons. The highest BCUT2D eigenvalue weighted by Crippen LogP contribution is 2.35. The first kappa shape index (κ1) is 14.9. The summed E-state index contributed by atoms with van der Waals surface area (Å²) in [6, 6.07) is 7.05. The predicted molar refractivity (Wildman–Crippen MR) is 77.9 cm³/mol. The van der Waals surface area contributed by atoms with Crippen LogP contribution in [0.2, 0.25) is 0 Å². The van der Waals surface area contributed by atoms with E-state index < -0.39 is 0 Å². The number of nitrogens with one attached hydrogen (secondary N) is 1. The number of rotatable bonds is 5. The van der Waals surface area contributed by atoms with Crippen molar-refractivity contribution in [1.82, 2.24) is 5.32 Å². The Morgan fingerprint density at radius 3 is 2.45 bits per heavy atom. The van der Waals surface area contributed by atoms with Crippen molar-refractivity contribution in [3.63, 3.8) is 0 Å². The van der Waals surface area contributed by atoms with Gasteiger partial charge in [0.05, 0.1) is 13.7 Å². The number of hydrogen-bond donors (Lipinski definition) is 2. The van der Waals surface area contributed by atoms with Crippen LogP contribution in [0.15, 0.2) is 24.3 Å². The third kappa shape index (κ3) is 3.51. The van der Waals surface area contributed by atoms with Gasteiger partial charge in [-0.15, -0.1) is 0 Å². The molecule has 1 amide bonds. The predicted octanol–water partition coefficient (Wildman–Crippen LogP) is 2.37. The molecule has 2 rings (SSSR count). The van der Waals surface area contributed by atoms with Crippen LogP contribution in [0.1, 0.15) is 42.5 Å². The molecule has 0 heterocycles. The SMILES string of the molecule is COc1ccc(C(=O)NCC2(CO)CCCCC2)cc1. The molecule has 1 aliphatic rings. The van der Waals surface area contributed by atoms with E-state index >= 15 is 0 Å². The van der Waals surface area contributed by atoms with Gasteiger partial charge in [-0.25, -0.2) is 0 Å². The van der Waals surface area contributed by atoms with Crippen molar-refractivity contribution in [1.29, 1.82) is 0 Å². The zero-order valence-corrected chi connectivity index (χ0v) is 12.0. The standard InChI is InChI=1S/C16H23NO3/c1-20-14-7-5-13(6-8-14)15(19)17-11-16(12-18)9-3-2-4-10-16/h5-8,18H,2-4,9-12H2,1H3,(H,17,19). The quantitative estimate of drug-likeness (QED) is 0.868. The lowest BCUT2D eigenvalue weighted by Gasteiger charge is -2.35. The van der Waals surface area contributed by atoms with Crippen molar-refractivity contribution in [2.45, 2.75) is 32.1 Å². The molecule has 1 aliphatic carbocycles. The first-order valence-electron chi connectivity index (χ1n) is 7.22. The van der Waals surface area contributed by atoms with Crippen molar-refractivity contribution >= 4 is 5.91 Å². The second-order valence-electron chi connectivity index (χ2n) is 5.63. The minimum Gasteiger partial charge on any atom is -0.497 e. The monoisotopic (exact) mass is 277 g/mol. The molecule has 0 unspecified atom stereocenters. The number of hydrogen-bond acceptors (Lipinski definition) is 3. The normalized spacial score (nSPS) is 17.5. The molecule has 0 atom stereocenters. The van der Waals surface area contributed by atoms with Crippen LogP contribution in [0, 0.1) is 5.41 Å². The summed E-state index contributed by atoms with van der Waals surface area (Å²) in [5, 5.41) is 12.6. The number of aliphatic hydroxyl groups excluding tert-OH is 1. The van der Waals surface area contributed by atoms with Gasteiger partial charge >= 0.3 is 0 Å². The summed E-state index contributed by atoms with van der Waals surface area (Å²) >= 11 is 0. The zero-order chi connectivity index (χ0) is 14.4. The van der Waals surface area contributed by atoms with Crippen LogP contribution in [-0.4, -0.2) is 31.3 Å². The van der Waals surface area contributed by atoms with Crippen LogP contribution >= 0.6 is 0 Å². The Bertz CT molecular complexity index is 436. The Hall–Kier alpha value is -1.55. The molecule has 1 aromatic carbocycles. The minimum absolute atomic E-state index is 0.0916. The molecule has 0 saturated heterocycles. The highest BCUT2D eigenvalue weighted by molar-refractivity contribution is 5.94. The maximum atomic E-state index is 12.1. The maximum Gasteiger partial charge on any atom is 0.251 e. The van der Waals surface area contributed by atoms with E-state index in [9.17, 15) is 9.90 Å². The average molecular weight is 277 g/mol. The third-order valence-corrected chi connectivity index (χ3v) is 4.23. The molecule has 2 N–H and O–H groups in total. The fraction of sp³-hybridized carbons (Fsp3) is 0.562. The van der Waals surface area contributed by atoms with Crippen LogP contribution in [-0.2, 0) is 0 Å². The van der Waals surface area contributed by atoms with Crippen molar-refractivity contribution in [3.05, 3.63) is 29.8 Å². The van der Waals surface area contributed by atoms with Crippen LogP contribution < -0.4 is 10.1 Å². The van der Waals surface area contributed by atoms with Gasteiger partial charge in [0, 0.05) is 17.5 Å². The third-order valence-electron chi connectivity index (χ3n) is 4.23. The van der Waals surface area contributed by atoms with E-state index in [0.717, 1.165) is 31.4 Å². The second-order valence-corrected chi connectivity index (χ2v) is 5.63. The van der Waals surface area contributed by atoms with Gasteiger partial charge in [0.15, 0.2) is 0 Å². The van der Waals surface area contributed by atoms with Crippen molar-refractivity contribution in [3.8, 4) is 5.75 Å². The zero-order valence-electron chi connectivity index (χ0n) is 12.0. The fourth-order valence-electron chi connectivity index (χ4n) is 2.80. The number of amides is 1. The highest BCUT2D eigenvalue weighted by Gasteiger charge is 2.31. The fourth-order valence-corrected chi connectivity index (χ4v) is 2.80. The summed E-state index contributed by atoms with van der Waals surface area (Å²) in [7, 11) is 1.60. The van der Waals surface area contributed by atoms with E-state index in [0.29, 0.717) is 12.1 Å². The number of methoxy groups -OCH3 is 1. The summed E-state index contributed by atoms with van der Waals surface area (Å²) in [5.74, 6) is 0.645. The second kappa shape index (κ2) is 6.75. The number of carbonyl (C=O) groups is 1. The Kier molecular flexibility index (Phi) is 5.01. The van der Waals surface area contributed by atoms with Crippen molar-refractivity contribution in [2.75, 3.05) is 20.3 Å². The molecule has 0 spiro atoms. The van der Waals surface area contributed by atoms with Crippen LogP contribution in [0.4, 0.5) is 0 Å². The summed E-state index contributed by atoms with van der Waals surface area (Å²) in [6.45, 7) is 0.699. The van der Waals surface area contributed by atoms with Gasteiger partial charge in [-0.3, -0.25) is 4.79 Å². The van der Waals surface area contributed by atoms with Gasteiger partial charge in [-0.05, 0) is 37.1 Å². The Labute approximate surface area is 120 Å². The van der Waals surface area contributed by atoms with Gasteiger partial charge in [0.1, 0.15) is 5.75 Å². The first-order valence-corrected chi connectivity index (χ1v) is 7.22. The lowest BCUT2D eigenvalue weighted by atomic mass is 9.74. The highest BCUT2D eigenvalue weighted by atomic mass is 16.5. The van der Waals surface area contributed by atoms with E-state index in [2.05, 4.69) is 5.32 Å². The molecule has 20 heavy (non-hydrogen) atoms. The number of carbonyl (C=O) groups excluding carboxylic acids is 1. The number of aliphatic hydroxyl groups is 1. The molecular weight excluding hydrogens is 254 g/mol. The molecule has 4 nitrogen and oxygen atoms in total. The molecule has 110 valence electrons.